The second-order valence-corrected chi connectivity index (χ2v) is 12.8. The Morgan fingerprint density at radius 3 is 1.95 bits per heavy atom. The summed E-state index contributed by atoms with van der Waals surface area (Å²) in [6.45, 7) is 13.1. The second-order valence-electron chi connectivity index (χ2n) is 12.8. The van der Waals surface area contributed by atoms with Gasteiger partial charge < -0.3 is 30.1 Å². The van der Waals surface area contributed by atoms with E-state index in [0.717, 1.165) is 10.5 Å². The van der Waals surface area contributed by atoms with Crippen molar-refractivity contribution < 1.29 is 33.8 Å². The summed E-state index contributed by atoms with van der Waals surface area (Å²) in [5.74, 6) is -2.67. The molecule has 2 aromatic carbocycles. The Kier molecular flexibility index (Phi) is 12.3. The van der Waals surface area contributed by atoms with Gasteiger partial charge in [-0.2, -0.15) is 5.26 Å². The molecule has 44 heavy (non-hydrogen) atoms. The summed E-state index contributed by atoms with van der Waals surface area (Å²) in [7, 11) is 0. The molecule has 0 spiro atoms. The Labute approximate surface area is 259 Å². The fourth-order valence-corrected chi connectivity index (χ4v) is 4.30. The summed E-state index contributed by atoms with van der Waals surface area (Å²) >= 11 is 0. The maximum Gasteiger partial charge on any atom is 0.408 e. The van der Waals surface area contributed by atoms with Crippen LogP contribution in [0, 0.1) is 17.2 Å². The molecule has 0 aliphatic carbocycles. The van der Waals surface area contributed by atoms with E-state index in [-0.39, 0.29) is 17.7 Å². The third-order valence-corrected chi connectivity index (χ3v) is 6.19. The van der Waals surface area contributed by atoms with Crippen LogP contribution in [-0.2, 0) is 30.3 Å². The van der Waals surface area contributed by atoms with Crippen LogP contribution in [0.1, 0.15) is 72.6 Å². The van der Waals surface area contributed by atoms with Gasteiger partial charge in [-0.1, -0.05) is 56.3 Å². The minimum Gasteiger partial charge on any atom is -0.508 e. The van der Waals surface area contributed by atoms with Crippen molar-refractivity contribution in [3.63, 3.8) is 0 Å². The van der Waals surface area contributed by atoms with E-state index in [1.165, 1.54) is 24.3 Å². The molecule has 0 aromatic heterocycles. The van der Waals surface area contributed by atoms with Crippen LogP contribution in [-0.4, -0.2) is 63.7 Å². The molecule has 11 nitrogen and oxygen atoms in total. The lowest BCUT2D eigenvalue weighted by atomic mass is 9.98. The Balaban J connectivity index is 2.56. The van der Waals surface area contributed by atoms with Crippen LogP contribution in [0.15, 0.2) is 54.6 Å². The first-order chi connectivity index (χ1) is 20.4. The number of hydrogen-bond acceptors (Lipinski definition) is 8. The third-order valence-electron chi connectivity index (χ3n) is 6.19. The highest BCUT2D eigenvalue weighted by Crippen LogP contribution is 2.26. The summed E-state index contributed by atoms with van der Waals surface area (Å²) < 4.78 is 10.9. The van der Waals surface area contributed by atoms with Crippen molar-refractivity contribution in [1.29, 1.82) is 5.26 Å². The van der Waals surface area contributed by atoms with Crippen LogP contribution < -0.4 is 10.6 Å². The van der Waals surface area contributed by atoms with Crippen LogP contribution >= 0.6 is 0 Å². The highest BCUT2D eigenvalue weighted by molar-refractivity contribution is 5.94. The number of phenols is 1. The zero-order valence-corrected chi connectivity index (χ0v) is 26.7. The number of amides is 3. The van der Waals surface area contributed by atoms with Gasteiger partial charge in [-0.15, -0.1) is 0 Å². The molecule has 3 amide bonds. The zero-order valence-electron chi connectivity index (χ0n) is 26.7. The van der Waals surface area contributed by atoms with Crippen molar-refractivity contribution in [3.05, 3.63) is 65.7 Å². The van der Waals surface area contributed by atoms with Crippen molar-refractivity contribution in [2.75, 3.05) is 6.54 Å². The van der Waals surface area contributed by atoms with E-state index in [2.05, 4.69) is 10.6 Å². The van der Waals surface area contributed by atoms with Gasteiger partial charge in [0, 0.05) is 6.42 Å². The van der Waals surface area contributed by atoms with E-state index in [4.69, 9.17) is 9.47 Å². The summed E-state index contributed by atoms with van der Waals surface area (Å²) in [6, 6.07) is 12.9. The summed E-state index contributed by atoms with van der Waals surface area (Å²) in [5, 5.41) is 25.0. The monoisotopic (exact) mass is 608 g/mol. The molecule has 0 aliphatic heterocycles. The Morgan fingerprint density at radius 1 is 0.886 bits per heavy atom. The number of aromatic hydroxyl groups is 1. The maximum atomic E-state index is 14.1. The first-order valence-corrected chi connectivity index (χ1v) is 14.4. The fourth-order valence-electron chi connectivity index (χ4n) is 4.30. The molecule has 0 aliphatic rings. The minimum atomic E-state index is -1.41. The molecule has 0 saturated carbocycles. The first kappa shape index (κ1) is 35.6. The zero-order chi connectivity index (χ0) is 33.2. The number of hydrogen-bond donors (Lipinski definition) is 3. The lowest BCUT2D eigenvalue weighted by Gasteiger charge is -2.35. The van der Waals surface area contributed by atoms with Crippen LogP contribution in [0.5, 0.6) is 5.75 Å². The standard InChI is InChI=1S/C33H44N4O7/c1-21(2)26(36-31(42)44-33(6,7)8)29(40)37(19-18-34)27(23-14-16-24(38)17-15-23)28(39)35-25(30(41)43-32(3,4)5)20-22-12-10-9-11-13-22/h9-17,21,25-27,38H,19-20H2,1-8H3,(H,35,39)(H,36,42). The van der Waals surface area contributed by atoms with Gasteiger partial charge in [0.15, 0.2) is 0 Å². The van der Waals surface area contributed by atoms with Crippen molar-refractivity contribution in [2.45, 2.75) is 91.1 Å². The number of carbonyl (C=O) groups is 4. The van der Waals surface area contributed by atoms with Gasteiger partial charge in [0.05, 0.1) is 6.07 Å². The van der Waals surface area contributed by atoms with Crippen LogP contribution in [0.2, 0.25) is 0 Å². The number of phenolic OH excluding ortho intramolecular Hbond substituents is 1. The van der Waals surface area contributed by atoms with Crippen molar-refractivity contribution >= 4 is 23.9 Å². The van der Waals surface area contributed by atoms with E-state index < -0.39 is 65.7 Å². The summed E-state index contributed by atoms with van der Waals surface area (Å²) in [4.78, 5) is 55.2. The molecule has 0 bridgehead atoms. The van der Waals surface area contributed by atoms with Gasteiger partial charge in [-0.25, -0.2) is 9.59 Å². The molecule has 0 heterocycles. The number of nitrogens with one attached hydrogen (secondary N) is 2. The largest absolute Gasteiger partial charge is 0.508 e. The molecular formula is C33H44N4O7. The molecular weight excluding hydrogens is 564 g/mol. The Bertz CT molecular complexity index is 1320. The van der Waals surface area contributed by atoms with Gasteiger partial charge in [0.1, 0.15) is 41.6 Å². The highest BCUT2D eigenvalue weighted by atomic mass is 16.6. The number of carbonyl (C=O) groups excluding carboxylic acids is 4. The minimum absolute atomic E-state index is 0.0755. The molecule has 3 N–H and O–H groups in total. The van der Waals surface area contributed by atoms with E-state index in [0.29, 0.717) is 0 Å². The lowest BCUT2D eigenvalue weighted by Crippen LogP contribution is -2.56. The van der Waals surface area contributed by atoms with Gasteiger partial charge >= 0.3 is 12.1 Å². The van der Waals surface area contributed by atoms with Crippen LogP contribution in [0.4, 0.5) is 4.79 Å². The predicted molar refractivity (Wildman–Crippen MR) is 164 cm³/mol. The van der Waals surface area contributed by atoms with Crippen LogP contribution in [0.25, 0.3) is 0 Å². The molecule has 0 radical (unpaired) electrons. The van der Waals surface area contributed by atoms with Crippen LogP contribution in [0.3, 0.4) is 0 Å². The number of esters is 1. The average Bonchev–Trinajstić information content (AvgIpc) is 2.90. The summed E-state index contributed by atoms with van der Waals surface area (Å²) in [6.07, 6.45) is -0.731. The summed E-state index contributed by atoms with van der Waals surface area (Å²) in [5.41, 5.74) is -0.638. The molecule has 0 saturated heterocycles. The van der Waals surface area contributed by atoms with E-state index in [1.807, 2.05) is 24.3 Å². The molecule has 0 fully saturated rings. The van der Waals surface area contributed by atoms with Gasteiger partial charge in [-0.05, 0) is 70.7 Å². The number of benzene rings is 2. The molecule has 238 valence electrons. The SMILES string of the molecule is CC(C)C(NC(=O)OC(C)(C)C)C(=O)N(CC#N)C(C(=O)NC(Cc1ccccc1)C(=O)OC(C)(C)C)c1ccc(O)cc1. The first-order valence-electron chi connectivity index (χ1n) is 14.4. The van der Waals surface area contributed by atoms with Crippen molar-refractivity contribution in [1.82, 2.24) is 15.5 Å². The second kappa shape index (κ2) is 15.2. The molecule has 11 heteroatoms. The quantitative estimate of drug-likeness (QED) is 0.250. The molecule has 3 atom stereocenters. The van der Waals surface area contributed by atoms with Crippen molar-refractivity contribution in [2.24, 2.45) is 5.92 Å². The number of rotatable bonds is 11. The normalized spacial score (nSPS) is 13.5. The predicted octanol–water partition coefficient (Wildman–Crippen LogP) is 4.40. The Morgan fingerprint density at radius 2 is 1.45 bits per heavy atom. The highest BCUT2D eigenvalue weighted by Gasteiger charge is 2.39. The van der Waals surface area contributed by atoms with Gasteiger partial charge in [0.25, 0.3) is 0 Å². The van der Waals surface area contributed by atoms with E-state index in [9.17, 15) is 29.5 Å². The average molecular weight is 609 g/mol. The third kappa shape index (κ3) is 11.2. The van der Waals surface area contributed by atoms with Gasteiger partial charge in [-0.3, -0.25) is 9.59 Å². The number of alkyl carbamates (subject to hydrolysis) is 1. The smallest absolute Gasteiger partial charge is 0.408 e. The number of nitrogens with zero attached hydrogens (tertiary/aromatic N) is 2. The van der Waals surface area contributed by atoms with Crippen molar-refractivity contribution in [3.8, 4) is 11.8 Å². The fraction of sp³-hybridized carbons (Fsp3) is 0.485. The topological polar surface area (TPSA) is 158 Å². The molecule has 3 unspecified atom stereocenters. The Hall–Kier alpha value is -4.59. The molecule has 2 aromatic rings. The van der Waals surface area contributed by atoms with E-state index >= 15 is 0 Å². The maximum absolute atomic E-state index is 14.1. The number of ether oxygens (including phenoxy) is 2. The van der Waals surface area contributed by atoms with Gasteiger partial charge in [0.2, 0.25) is 11.8 Å². The molecule has 2 rings (SSSR count). The number of nitriles is 1. The van der Waals surface area contributed by atoms with E-state index in [1.54, 1.807) is 67.5 Å². The lowest BCUT2D eigenvalue weighted by molar-refractivity contribution is -0.159.